The van der Waals surface area contributed by atoms with E-state index < -0.39 is 182 Å². The molecule has 0 saturated carbocycles. The number of allylic oxidation sites excluding steroid dienone is 6. The topological polar surface area (TPSA) is 639 Å². The van der Waals surface area contributed by atoms with Crippen molar-refractivity contribution in [2.24, 2.45) is 77.5 Å². The summed E-state index contributed by atoms with van der Waals surface area (Å²) in [5.41, 5.74) is 25.3. The number of aryl methyl sites for hydroxylation is 2. The zero-order valence-corrected chi connectivity index (χ0v) is 67.6. The summed E-state index contributed by atoms with van der Waals surface area (Å²) in [5.74, 6) is -8.26. The van der Waals surface area contributed by atoms with Crippen LogP contribution in [-0.2, 0) is 68.1 Å². The van der Waals surface area contributed by atoms with E-state index in [9.17, 15) is 73.6 Å². The fraction of sp³-hybridized carbons (Fsp3) is 0.611. The number of nitrogens with zero attached hydrogens (tertiary/aromatic N) is 8. The molecule has 20 N–H and O–H groups in total. The van der Waals surface area contributed by atoms with Crippen molar-refractivity contribution >= 4 is 102 Å². The van der Waals surface area contributed by atoms with E-state index in [0.717, 1.165) is 11.1 Å². The molecular formula is C72H102CoN18O20P2. The molecule has 1 unspecified atom stereocenters. The number of aliphatic hydroxyl groups excluding tert-OH is 3. The van der Waals surface area contributed by atoms with Crippen LogP contribution in [0.5, 0.6) is 0 Å². The van der Waals surface area contributed by atoms with Crippen molar-refractivity contribution in [1.29, 1.82) is 16.2 Å². The first kappa shape index (κ1) is 88.8. The van der Waals surface area contributed by atoms with Crippen LogP contribution in [-0.4, -0.2) is 180 Å². The number of hydrogen-bond donors (Lipinski definition) is 16. The van der Waals surface area contributed by atoms with E-state index in [1.165, 1.54) is 30.5 Å². The zero-order chi connectivity index (χ0) is 82.8. The van der Waals surface area contributed by atoms with Crippen LogP contribution in [0.2, 0.25) is 0 Å². The number of nitrogen functional groups attached to an aromatic ring is 1. The summed E-state index contributed by atoms with van der Waals surface area (Å²) in [7, 11) is -10.4. The molecule has 8 bridgehead atoms. The van der Waals surface area contributed by atoms with E-state index in [4.69, 9.17) is 77.2 Å². The SMILES string of the molecule is CC1=C2N=C(C=C3NC(=C(C)C4=N[C@@](C)([C@@H]5N=C1[C@](C)(CCC(=O)NC[C@@H](C)OP(=O)(O)O[C@H]1[C@@H](O)[C@@H]([n+]6c[nH]c7cc(C)c(C)cc76)O[C@@H]1COP(=O)(O)O)[C@H]5CC(N)=O)[C@@](C)(CC(N)=O)[C@@H]4CCC(=N)[O-])[C@@](C)(CC(N)=O)[C@@H]3CCC(=N)[O-])C(C)(C)[C@@H]2CCC(=N)[O-].C[C@H]1O[C@@H](n2cnc3c(N)ncnc32)[C@H](O)[C@@H]1O.[Co+2]. The second-order valence-electron chi connectivity index (χ2n) is 31.9. The van der Waals surface area contributed by atoms with Gasteiger partial charge in [-0.1, -0.05) is 34.6 Å². The average molecular weight is 1660 g/mol. The second-order valence-corrected chi connectivity index (χ2v) is 34.5. The van der Waals surface area contributed by atoms with Gasteiger partial charge in [-0.3, -0.25) is 52.3 Å². The van der Waals surface area contributed by atoms with Gasteiger partial charge in [-0.2, -0.15) is 4.57 Å². The van der Waals surface area contributed by atoms with Crippen LogP contribution >= 0.6 is 15.6 Å². The quantitative estimate of drug-likeness (QED) is 0.0158. The number of imidazole rings is 2. The monoisotopic (exact) mass is 1660 g/mol. The number of ether oxygens (including phenoxy) is 2. The molecule has 41 heteroatoms. The number of benzene rings is 1. The van der Waals surface area contributed by atoms with E-state index in [0.29, 0.717) is 67.6 Å². The smallest absolute Gasteiger partial charge is 0.862 e. The minimum Gasteiger partial charge on any atom is -0.862 e. The number of primary amides is 3. The van der Waals surface area contributed by atoms with E-state index in [1.54, 1.807) is 39.2 Å². The van der Waals surface area contributed by atoms with Crippen LogP contribution in [0.3, 0.4) is 0 Å². The van der Waals surface area contributed by atoms with Crippen molar-refractivity contribution in [3.05, 3.63) is 76.6 Å². The summed E-state index contributed by atoms with van der Waals surface area (Å²) < 4.78 is 56.0. The average Bonchev–Trinajstić information content (AvgIpc) is 1.53. The first-order valence-electron chi connectivity index (χ1n) is 36.8. The Labute approximate surface area is 661 Å². The maximum absolute atomic E-state index is 14.4. The third kappa shape index (κ3) is 17.8. The number of fused-ring (bicyclic) bond motifs is 8. The number of phosphoric acid groups is 2. The molecule has 1 aromatic carbocycles. The number of amides is 4. The number of aromatic amines is 1. The van der Waals surface area contributed by atoms with Crippen molar-refractivity contribution < 1.29 is 118 Å². The molecular weight excluding hydrogens is 1560 g/mol. The Kier molecular flexibility index (Phi) is 26.4. The fourth-order valence-electron chi connectivity index (χ4n) is 17.7. The predicted octanol–water partition coefficient (Wildman–Crippen LogP) is 1.30. The summed E-state index contributed by atoms with van der Waals surface area (Å²) in [6.45, 7) is 20.1. The number of nitrogens with one attached hydrogen (secondary N) is 6. The molecule has 3 aromatic heterocycles. The van der Waals surface area contributed by atoms with Crippen LogP contribution in [0, 0.1) is 75.4 Å². The van der Waals surface area contributed by atoms with Crippen molar-refractivity contribution in [2.75, 3.05) is 18.9 Å². The normalized spacial score (nSPS) is 31.2. The first-order chi connectivity index (χ1) is 52.1. The molecule has 0 spiro atoms. The molecule has 19 atom stereocenters. The molecule has 38 nitrogen and oxygen atoms in total. The van der Waals surface area contributed by atoms with Crippen LogP contribution in [0.25, 0.3) is 22.2 Å². The minimum absolute atomic E-state index is 0. The Morgan fingerprint density at radius 2 is 1.42 bits per heavy atom. The van der Waals surface area contributed by atoms with E-state index in [-0.39, 0.29) is 93.2 Å². The van der Waals surface area contributed by atoms with Gasteiger partial charge in [0, 0.05) is 112 Å². The third-order valence-electron chi connectivity index (χ3n) is 24.0. The summed E-state index contributed by atoms with van der Waals surface area (Å²) in [4.78, 5) is 117. The molecule has 4 aromatic rings. The number of rotatable bonds is 29. The van der Waals surface area contributed by atoms with Crippen LogP contribution in [0.1, 0.15) is 163 Å². The number of nitrogens with two attached hydrogens (primary N) is 4. The second kappa shape index (κ2) is 33.6. The summed E-state index contributed by atoms with van der Waals surface area (Å²) in [6, 6.07) is 2.57. The van der Waals surface area contributed by atoms with E-state index in [1.807, 2.05) is 59.8 Å². The Morgan fingerprint density at radius 1 is 0.805 bits per heavy atom. The van der Waals surface area contributed by atoms with Crippen molar-refractivity contribution in [3.8, 4) is 0 Å². The van der Waals surface area contributed by atoms with Gasteiger partial charge >= 0.3 is 32.4 Å². The number of H-pyrrole nitrogens is 1. The Morgan fingerprint density at radius 3 is 2.02 bits per heavy atom. The molecule has 619 valence electrons. The molecule has 0 aliphatic carbocycles. The van der Waals surface area contributed by atoms with Gasteiger partial charge in [0.2, 0.25) is 36.2 Å². The maximum atomic E-state index is 14.4. The fourth-order valence-corrected chi connectivity index (χ4v) is 19.2. The number of anilines is 1. The summed E-state index contributed by atoms with van der Waals surface area (Å²) in [5, 5.41) is 99.7. The van der Waals surface area contributed by atoms with Crippen LogP contribution in [0.15, 0.2) is 80.4 Å². The molecule has 3 fully saturated rings. The minimum atomic E-state index is -5.26. The predicted molar refractivity (Wildman–Crippen MR) is 400 cm³/mol. The standard InChI is InChI=1S/C62H91N13O17P2.C10H13N5O3.Co/c1-29-20-39-40(21-30(29)2)75(28-70-39)57-52(83)53(41(90-57)27-89-93(84,85)86)92-94(87,88)91-31(3)26-69-49(82)18-19-59(8)37(22-46(66)79)56-62(11)61(10,25-48(68)81)36(14-17-45(65)78)51(74-62)33(5)55-60(9,24-47(67)80)34(12-15-43(63)76)38(71-55)23-42-58(6,7)35(13-16-44(64)77)50(72-42)32(4)54(59)73-56;1-4-6(16)7(17)10(18-4)15-3-14-5-8(11)12-2-13-9(5)15;/h20-21,23,28,31,34-37,41,52-53,56-57,83H,12-19,22,24-27H2,1-11H3,(H17,63,64,65,66,67,68,69,71,72,73,74,76,77,78,79,80,81,82,84,85,86,87,88);2-4,6-7,10,16-17H,1H3,(H2,11,12,13);/q;;+2/p-2/t31-,34-,35-,36-,37+,41-,52-,53-,56-,57+,59-,60+,61+,62+;4-,6-,7-,10-;/m11./s1. The number of carbonyl (C=O) groups excluding carboxylic acids is 4. The molecule has 1 radical (unpaired) electrons. The van der Waals surface area contributed by atoms with E-state index >= 15 is 0 Å². The third-order valence-corrected chi connectivity index (χ3v) is 25.6. The molecule has 4 amide bonds. The largest absolute Gasteiger partial charge is 2.00 e. The van der Waals surface area contributed by atoms with Crippen molar-refractivity contribution in [1.82, 2.24) is 35.1 Å². The number of carbonyl (C=O) groups is 4. The molecule has 3 saturated heterocycles. The van der Waals surface area contributed by atoms with Gasteiger partial charge in [0.1, 0.15) is 42.4 Å². The van der Waals surface area contributed by atoms with Gasteiger partial charge < -0.3 is 105 Å². The number of phosphoric ester groups is 2. The van der Waals surface area contributed by atoms with Crippen LogP contribution < -0.4 is 53.5 Å². The van der Waals surface area contributed by atoms with Crippen LogP contribution in [0.4, 0.5) is 5.82 Å². The zero-order valence-electron chi connectivity index (χ0n) is 64.8. The van der Waals surface area contributed by atoms with Crippen molar-refractivity contribution in [2.45, 2.75) is 220 Å². The Bertz CT molecular complexity index is 4730. The number of aliphatic hydroxyl groups is 3. The number of aliphatic imine (C=N–C) groups is 3. The summed E-state index contributed by atoms with van der Waals surface area (Å²) in [6.07, 6.45) is -6.65. The Balaban J connectivity index is 0.000000669. The number of hydrogen-bond acceptors (Lipinski definition) is 28. The van der Waals surface area contributed by atoms with Gasteiger partial charge in [-0.05, 0) is 152 Å². The van der Waals surface area contributed by atoms with Gasteiger partial charge in [0.15, 0.2) is 28.7 Å². The molecule has 7 aliphatic heterocycles. The first-order valence-corrected chi connectivity index (χ1v) is 39.8. The maximum Gasteiger partial charge on any atom is 2.00 e. The Hall–Kier alpha value is -8.11. The molecule has 113 heavy (non-hydrogen) atoms. The van der Waals surface area contributed by atoms with Gasteiger partial charge in [-0.15, -0.1) is 0 Å². The van der Waals surface area contributed by atoms with Gasteiger partial charge in [-0.25, -0.2) is 29.1 Å². The number of aromatic nitrogens is 6. The molecule has 10 heterocycles. The molecule has 7 aliphatic rings. The van der Waals surface area contributed by atoms with Crippen molar-refractivity contribution in [3.63, 3.8) is 0 Å². The molecule has 11 rings (SSSR count). The van der Waals surface area contributed by atoms with Gasteiger partial charge in [0.25, 0.3) is 0 Å². The summed E-state index contributed by atoms with van der Waals surface area (Å²) >= 11 is 0. The van der Waals surface area contributed by atoms with Gasteiger partial charge in [0.05, 0.1) is 36.7 Å². The van der Waals surface area contributed by atoms with E-state index in [2.05, 4.69) is 30.6 Å².